The molecule has 2 fully saturated rings. The number of likely N-dealkylation sites (tertiary alicyclic amines) is 2. The van der Waals surface area contributed by atoms with Crippen molar-refractivity contribution in [3.05, 3.63) is 29.8 Å². The Hall–Kier alpha value is -2.61. The van der Waals surface area contributed by atoms with Gasteiger partial charge < -0.3 is 19.6 Å². The molecule has 2 saturated heterocycles. The van der Waals surface area contributed by atoms with Crippen LogP contribution in [-0.4, -0.2) is 84.0 Å². The van der Waals surface area contributed by atoms with Gasteiger partial charge in [-0.3, -0.25) is 19.3 Å². The maximum Gasteiger partial charge on any atom is 0.290 e. The number of hydrogen-bond donors (Lipinski definition) is 1. The van der Waals surface area contributed by atoms with Gasteiger partial charge in [-0.25, -0.2) is 0 Å². The SMILES string of the molecule is CCN(CC)C(=O)C1CCCN(Cc2cccc(OCCN3CCCC3=O)c2)C1.O=CO. The van der Waals surface area contributed by atoms with Crippen LogP contribution in [0.3, 0.4) is 0 Å². The highest BCUT2D eigenvalue weighted by Gasteiger charge is 2.28. The number of amides is 2. The van der Waals surface area contributed by atoms with Gasteiger partial charge in [0, 0.05) is 39.1 Å². The molecule has 2 amide bonds. The van der Waals surface area contributed by atoms with Crippen LogP contribution >= 0.6 is 0 Å². The summed E-state index contributed by atoms with van der Waals surface area (Å²) >= 11 is 0. The molecule has 2 aliphatic rings. The van der Waals surface area contributed by atoms with Crippen molar-refractivity contribution in [2.45, 2.75) is 46.1 Å². The fourth-order valence-corrected chi connectivity index (χ4v) is 4.40. The fourth-order valence-electron chi connectivity index (χ4n) is 4.40. The van der Waals surface area contributed by atoms with Crippen molar-refractivity contribution in [1.29, 1.82) is 0 Å². The van der Waals surface area contributed by atoms with E-state index >= 15 is 0 Å². The number of piperidine rings is 1. The van der Waals surface area contributed by atoms with Crippen molar-refractivity contribution in [1.82, 2.24) is 14.7 Å². The minimum absolute atomic E-state index is 0.112. The van der Waals surface area contributed by atoms with E-state index in [1.165, 1.54) is 5.56 Å². The predicted octanol–water partition coefficient (Wildman–Crippen LogP) is 2.47. The lowest BCUT2D eigenvalue weighted by Gasteiger charge is -2.34. The third-order valence-electron chi connectivity index (χ3n) is 6.04. The largest absolute Gasteiger partial charge is 0.492 e. The highest BCUT2D eigenvalue weighted by atomic mass is 16.5. The van der Waals surface area contributed by atoms with Gasteiger partial charge in [0.15, 0.2) is 0 Å². The molecule has 3 rings (SSSR count). The summed E-state index contributed by atoms with van der Waals surface area (Å²) in [5.41, 5.74) is 1.20. The summed E-state index contributed by atoms with van der Waals surface area (Å²) in [6.45, 7) is 10.2. The van der Waals surface area contributed by atoms with Gasteiger partial charge in [0.1, 0.15) is 12.4 Å². The molecule has 8 heteroatoms. The van der Waals surface area contributed by atoms with Crippen molar-refractivity contribution in [3.8, 4) is 5.75 Å². The standard InChI is InChI=1S/C23H35N3O3.CH2O2/c1-3-25(4-2)23(28)20-9-6-12-24(18-20)17-19-8-5-10-21(16-19)29-15-14-26-13-7-11-22(26)27;2-1-3/h5,8,10,16,20H,3-4,6-7,9,11-15,17-18H2,1-2H3;1H,(H,2,3). The van der Waals surface area contributed by atoms with E-state index in [-0.39, 0.29) is 18.3 Å². The smallest absolute Gasteiger partial charge is 0.290 e. The van der Waals surface area contributed by atoms with Gasteiger partial charge in [0.2, 0.25) is 11.8 Å². The molecule has 178 valence electrons. The van der Waals surface area contributed by atoms with Crippen molar-refractivity contribution in [2.75, 3.05) is 45.9 Å². The zero-order valence-corrected chi connectivity index (χ0v) is 19.4. The summed E-state index contributed by atoms with van der Waals surface area (Å²) in [5, 5.41) is 6.89. The lowest BCUT2D eigenvalue weighted by atomic mass is 9.96. The number of benzene rings is 1. The molecule has 0 spiro atoms. The topological polar surface area (TPSA) is 90.4 Å². The second-order valence-corrected chi connectivity index (χ2v) is 8.17. The molecule has 1 aromatic rings. The molecule has 0 radical (unpaired) electrons. The van der Waals surface area contributed by atoms with Crippen molar-refractivity contribution < 1.29 is 24.2 Å². The Labute approximate surface area is 191 Å². The van der Waals surface area contributed by atoms with Crippen molar-refractivity contribution in [3.63, 3.8) is 0 Å². The molecule has 2 heterocycles. The van der Waals surface area contributed by atoms with Crippen LogP contribution in [0, 0.1) is 5.92 Å². The van der Waals surface area contributed by atoms with Gasteiger partial charge >= 0.3 is 0 Å². The van der Waals surface area contributed by atoms with Gasteiger partial charge in [0.25, 0.3) is 6.47 Å². The fraction of sp³-hybridized carbons (Fsp3) is 0.625. The van der Waals surface area contributed by atoms with Crippen LogP contribution in [0.2, 0.25) is 0 Å². The number of carbonyl (C=O) groups is 3. The van der Waals surface area contributed by atoms with Crippen LogP contribution in [0.25, 0.3) is 0 Å². The summed E-state index contributed by atoms with van der Waals surface area (Å²) in [4.78, 5) is 39.0. The Morgan fingerprint density at radius 1 is 1.25 bits per heavy atom. The molecule has 0 saturated carbocycles. The van der Waals surface area contributed by atoms with E-state index in [0.717, 1.165) is 64.3 Å². The van der Waals surface area contributed by atoms with Crippen molar-refractivity contribution >= 4 is 18.3 Å². The highest BCUT2D eigenvalue weighted by Crippen LogP contribution is 2.22. The Morgan fingerprint density at radius 2 is 2.00 bits per heavy atom. The normalized spacial score (nSPS) is 18.6. The first kappa shape index (κ1) is 25.6. The summed E-state index contributed by atoms with van der Waals surface area (Å²) in [6, 6.07) is 8.20. The Balaban J connectivity index is 0.00000114. The van der Waals surface area contributed by atoms with Crippen LogP contribution in [0.1, 0.15) is 45.1 Å². The first-order chi connectivity index (χ1) is 15.5. The zero-order chi connectivity index (χ0) is 23.3. The number of nitrogens with zero attached hydrogens (tertiary/aromatic N) is 3. The maximum atomic E-state index is 12.7. The number of rotatable bonds is 9. The average molecular weight is 448 g/mol. The molecule has 1 atom stereocenters. The number of hydrogen-bond acceptors (Lipinski definition) is 5. The molecule has 8 nitrogen and oxygen atoms in total. The van der Waals surface area contributed by atoms with E-state index in [0.29, 0.717) is 25.5 Å². The average Bonchev–Trinajstić information content (AvgIpc) is 3.20. The van der Waals surface area contributed by atoms with Crippen LogP contribution < -0.4 is 4.74 Å². The van der Waals surface area contributed by atoms with E-state index < -0.39 is 0 Å². The lowest BCUT2D eigenvalue weighted by molar-refractivity contribution is -0.137. The van der Waals surface area contributed by atoms with Gasteiger partial charge in [0.05, 0.1) is 12.5 Å². The third kappa shape index (κ3) is 7.82. The van der Waals surface area contributed by atoms with E-state index in [1.54, 1.807) is 0 Å². The van der Waals surface area contributed by atoms with Crippen LogP contribution in [-0.2, 0) is 20.9 Å². The quantitative estimate of drug-likeness (QED) is 0.585. The third-order valence-corrected chi connectivity index (χ3v) is 6.04. The molecule has 2 aliphatic heterocycles. The van der Waals surface area contributed by atoms with E-state index in [1.807, 2.05) is 35.8 Å². The van der Waals surface area contributed by atoms with Crippen LogP contribution in [0.5, 0.6) is 5.75 Å². The molecule has 0 bridgehead atoms. The Kier molecular flexibility index (Phi) is 11.0. The molecule has 1 unspecified atom stereocenters. The molecular formula is C24H37N3O5. The van der Waals surface area contributed by atoms with Crippen LogP contribution in [0.4, 0.5) is 0 Å². The second kappa shape index (κ2) is 13.7. The van der Waals surface area contributed by atoms with Gasteiger partial charge in [-0.15, -0.1) is 0 Å². The first-order valence-corrected chi connectivity index (χ1v) is 11.6. The first-order valence-electron chi connectivity index (χ1n) is 11.6. The maximum absolute atomic E-state index is 12.7. The number of carboxylic acid groups (broad SMARTS) is 1. The van der Waals surface area contributed by atoms with E-state index in [4.69, 9.17) is 14.6 Å². The summed E-state index contributed by atoms with van der Waals surface area (Å²) < 4.78 is 5.89. The van der Waals surface area contributed by atoms with E-state index in [2.05, 4.69) is 17.0 Å². The Bertz CT molecular complexity index is 738. The monoisotopic (exact) mass is 447 g/mol. The number of carbonyl (C=O) groups excluding carboxylic acids is 2. The summed E-state index contributed by atoms with van der Waals surface area (Å²) in [6.07, 6.45) is 3.69. The summed E-state index contributed by atoms with van der Waals surface area (Å²) in [7, 11) is 0. The minimum Gasteiger partial charge on any atom is -0.492 e. The molecule has 0 aromatic heterocycles. The predicted molar refractivity (Wildman–Crippen MR) is 122 cm³/mol. The zero-order valence-electron chi connectivity index (χ0n) is 19.4. The van der Waals surface area contributed by atoms with Gasteiger partial charge in [-0.2, -0.15) is 0 Å². The number of ether oxygens (including phenoxy) is 1. The summed E-state index contributed by atoms with van der Waals surface area (Å²) in [5.74, 6) is 1.50. The second-order valence-electron chi connectivity index (χ2n) is 8.17. The van der Waals surface area contributed by atoms with E-state index in [9.17, 15) is 9.59 Å². The Morgan fingerprint density at radius 3 is 2.66 bits per heavy atom. The van der Waals surface area contributed by atoms with Gasteiger partial charge in [-0.1, -0.05) is 12.1 Å². The minimum atomic E-state index is -0.250. The lowest BCUT2D eigenvalue weighted by Crippen LogP contribution is -2.44. The molecule has 32 heavy (non-hydrogen) atoms. The highest BCUT2D eigenvalue weighted by molar-refractivity contribution is 5.79. The molecular weight excluding hydrogens is 410 g/mol. The molecule has 1 aromatic carbocycles. The van der Waals surface area contributed by atoms with Crippen molar-refractivity contribution in [2.24, 2.45) is 5.92 Å². The van der Waals surface area contributed by atoms with Gasteiger partial charge in [-0.05, 0) is 57.4 Å². The molecule has 0 aliphatic carbocycles. The molecule has 1 N–H and O–H groups in total. The van der Waals surface area contributed by atoms with Crippen LogP contribution in [0.15, 0.2) is 24.3 Å².